The summed E-state index contributed by atoms with van der Waals surface area (Å²) >= 11 is 0. The minimum absolute atomic E-state index is 0.00194. The van der Waals surface area contributed by atoms with Gasteiger partial charge in [0.25, 0.3) is 5.91 Å². The first kappa shape index (κ1) is 22.7. The second kappa shape index (κ2) is 10.8. The molecule has 8 heteroatoms. The fraction of sp³-hybridized carbons (Fsp3) is 0.381. The van der Waals surface area contributed by atoms with Gasteiger partial charge in [-0.25, -0.2) is 8.42 Å². The van der Waals surface area contributed by atoms with Crippen molar-refractivity contribution >= 4 is 21.6 Å². The molecule has 0 saturated carbocycles. The lowest BCUT2D eigenvalue weighted by molar-refractivity contribution is 0.0953. The number of rotatable bonds is 11. The number of methoxy groups -OCH3 is 1. The summed E-state index contributed by atoms with van der Waals surface area (Å²) in [5, 5.41) is 6.11. The van der Waals surface area contributed by atoms with Crippen molar-refractivity contribution in [3.63, 3.8) is 0 Å². The van der Waals surface area contributed by atoms with Gasteiger partial charge in [-0.1, -0.05) is 32.0 Å². The minimum atomic E-state index is -3.74. The van der Waals surface area contributed by atoms with Gasteiger partial charge in [-0.05, 0) is 36.8 Å². The predicted octanol–water partition coefficient (Wildman–Crippen LogP) is 2.96. The number of nitrogens with one attached hydrogen (secondary N) is 2. The van der Waals surface area contributed by atoms with Gasteiger partial charge in [0, 0.05) is 37.4 Å². The minimum Gasteiger partial charge on any atom is -0.495 e. The summed E-state index contributed by atoms with van der Waals surface area (Å²) in [6, 6.07) is 14.3. The Balaban J connectivity index is 2.01. The van der Waals surface area contributed by atoms with Gasteiger partial charge in [-0.3, -0.25) is 4.79 Å². The van der Waals surface area contributed by atoms with E-state index in [0.717, 1.165) is 12.1 Å². The van der Waals surface area contributed by atoms with Crippen LogP contribution in [0.1, 0.15) is 30.6 Å². The maximum Gasteiger partial charge on any atom is 0.251 e. The summed E-state index contributed by atoms with van der Waals surface area (Å²) < 4.78 is 32.3. The van der Waals surface area contributed by atoms with Crippen molar-refractivity contribution in [1.82, 2.24) is 9.62 Å². The number of benzene rings is 2. The molecule has 0 aliphatic heterocycles. The number of ether oxygens (including phenoxy) is 1. The van der Waals surface area contributed by atoms with Crippen LogP contribution in [0.4, 0.5) is 5.69 Å². The van der Waals surface area contributed by atoms with Crippen molar-refractivity contribution in [3.8, 4) is 5.75 Å². The molecular weight excluding hydrogens is 390 g/mol. The van der Waals surface area contributed by atoms with Crippen molar-refractivity contribution in [2.45, 2.75) is 25.2 Å². The molecule has 2 aromatic carbocycles. The third-order valence-electron chi connectivity index (χ3n) is 4.49. The summed E-state index contributed by atoms with van der Waals surface area (Å²) in [5.41, 5.74) is 1.31. The van der Waals surface area contributed by atoms with Gasteiger partial charge >= 0.3 is 0 Å². The van der Waals surface area contributed by atoms with E-state index >= 15 is 0 Å². The zero-order chi connectivity index (χ0) is 21.3. The molecule has 0 fully saturated rings. The molecule has 158 valence electrons. The van der Waals surface area contributed by atoms with E-state index in [4.69, 9.17) is 4.74 Å². The Bertz CT molecular complexity index is 897. The molecule has 29 heavy (non-hydrogen) atoms. The summed E-state index contributed by atoms with van der Waals surface area (Å²) in [6.45, 7) is 5.41. The number of hydrogen-bond acceptors (Lipinski definition) is 5. The number of nitrogens with zero attached hydrogens (tertiary/aromatic N) is 1. The van der Waals surface area contributed by atoms with Gasteiger partial charge in [0.2, 0.25) is 10.0 Å². The number of hydrogen-bond donors (Lipinski definition) is 2. The van der Waals surface area contributed by atoms with Crippen LogP contribution in [-0.4, -0.2) is 51.9 Å². The lowest BCUT2D eigenvalue weighted by Gasteiger charge is -2.20. The van der Waals surface area contributed by atoms with Crippen molar-refractivity contribution in [2.24, 2.45) is 0 Å². The van der Waals surface area contributed by atoms with Crippen LogP contribution in [0.15, 0.2) is 53.4 Å². The second-order valence-electron chi connectivity index (χ2n) is 6.36. The average molecular weight is 420 g/mol. The highest BCUT2D eigenvalue weighted by atomic mass is 32.2. The Labute approximate surface area is 173 Å². The highest BCUT2D eigenvalue weighted by molar-refractivity contribution is 7.89. The third kappa shape index (κ3) is 5.95. The number of carbonyl (C=O) groups excluding carboxylic acids is 1. The standard InChI is InChI=1S/C21H29N3O4S/c1-4-24(5-2)29(26,27)20-16-17(12-13-19(20)28-3)21(25)23-15-9-14-22-18-10-7-6-8-11-18/h6-8,10-13,16,22H,4-5,9,14-15H2,1-3H3,(H,23,25). The summed E-state index contributed by atoms with van der Waals surface area (Å²) in [6.07, 6.45) is 0.737. The number of carbonyl (C=O) groups is 1. The van der Waals surface area contributed by atoms with Crippen molar-refractivity contribution in [2.75, 3.05) is 38.6 Å². The van der Waals surface area contributed by atoms with E-state index in [1.54, 1.807) is 19.9 Å². The molecule has 0 atom stereocenters. The fourth-order valence-electron chi connectivity index (χ4n) is 2.90. The molecule has 0 unspecified atom stereocenters. The summed E-state index contributed by atoms with van der Waals surface area (Å²) in [4.78, 5) is 12.5. The van der Waals surface area contributed by atoms with E-state index in [1.807, 2.05) is 30.3 Å². The molecule has 0 saturated heterocycles. The van der Waals surface area contributed by atoms with Crippen molar-refractivity contribution < 1.29 is 17.9 Å². The highest BCUT2D eigenvalue weighted by Gasteiger charge is 2.26. The third-order valence-corrected chi connectivity index (χ3v) is 6.56. The molecule has 0 aromatic heterocycles. The van der Waals surface area contributed by atoms with Crippen LogP contribution in [0.5, 0.6) is 5.75 Å². The van der Waals surface area contributed by atoms with Crippen molar-refractivity contribution in [3.05, 3.63) is 54.1 Å². The van der Waals surface area contributed by atoms with Crippen LogP contribution in [0.3, 0.4) is 0 Å². The molecular formula is C21H29N3O4S. The second-order valence-corrected chi connectivity index (χ2v) is 8.26. The van der Waals surface area contributed by atoms with E-state index in [-0.39, 0.29) is 22.1 Å². The Hall–Kier alpha value is -2.58. The summed E-state index contributed by atoms with van der Waals surface area (Å²) in [5.74, 6) is -0.0936. The molecule has 2 aromatic rings. The Morgan fingerprint density at radius 3 is 2.34 bits per heavy atom. The molecule has 0 aliphatic carbocycles. The number of amides is 1. The van der Waals surface area contributed by atoms with Crippen molar-refractivity contribution in [1.29, 1.82) is 0 Å². The van der Waals surface area contributed by atoms with Crippen LogP contribution in [-0.2, 0) is 10.0 Å². The van der Waals surface area contributed by atoms with Crippen LogP contribution < -0.4 is 15.4 Å². The van der Waals surface area contributed by atoms with Crippen LogP contribution in [0.2, 0.25) is 0 Å². The zero-order valence-electron chi connectivity index (χ0n) is 17.1. The maximum atomic E-state index is 12.9. The molecule has 1 amide bonds. The fourth-order valence-corrected chi connectivity index (χ4v) is 4.54. The Morgan fingerprint density at radius 2 is 1.72 bits per heavy atom. The van der Waals surface area contributed by atoms with Crippen LogP contribution in [0.25, 0.3) is 0 Å². The van der Waals surface area contributed by atoms with Crippen LogP contribution >= 0.6 is 0 Å². The lowest BCUT2D eigenvalue weighted by atomic mass is 10.2. The van der Waals surface area contributed by atoms with E-state index < -0.39 is 10.0 Å². The largest absolute Gasteiger partial charge is 0.495 e. The first-order valence-corrected chi connectivity index (χ1v) is 11.1. The zero-order valence-corrected chi connectivity index (χ0v) is 18.0. The van der Waals surface area contributed by atoms with E-state index in [0.29, 0.717) is 26.2 Å². The first-order chi connectivity index (χ1) is 13.9. The van der Waals surface area contributed by atoms with Gasteiger partial charge in [0.15, 0.2) is 0 Å². The Kier molecular flexibility index (Phi) is 8.48. The molecule has 0 aliphatic rings. The molecule has 0 spiro atoms. The number of sulfonamides is 1. The molecule has 2 N–H and O–H groups in total. The molecule has 0 bridgehead atoms. The molecule has 0 heterocycles. The van der Waals surface area contributed by atoms with Gasteiger partial charge in [0.1, 0.15) is 10.6 Å². The molecule has 0 radical (unpaired) electrons. The SMILES string of the molecule is CCN(CC)S(=O)(=O)c1cc(C(=O)NCCCNc2ccccc2)ccc1OC. The predicted molar refractivity (Wildman–Crippen MR) is 115 cm³/mol. The van der Waals surface area contributed by atoms with Gasteiger partial charge in [-0.2, -0.15) is 4.31 Å². The Morgan fingerprint density at radius 1 is 1.03 bits per heavy atom. The number of para-hydroxylation sites is 1. The summed E-state index contributed by atoms with van der Waals surface area (Å²) in [7, 11) is -2.33. The molecule has 2 rings (SSSR count). The monoisotopic (exact) mass is 419 g/mol. The van der Waals surface area contributed by atoms with Crippen LogP contribution in [0, 0.1) is 0 Å². The van der Waals surface area contributed by atoms with Gasteiger partial charge in [0.05, 0.1) is 7.11 Å². The average Bonchev–Trinajstić information content (AvgIpc) is 2.74. The van der Waals surface area contributed by atoms with E-state index in [1.165, 1.54) is 23.5 Å². The normalized spacial score (nSPS) is 11.3. The van der Waals surface area contributed by atoms with Gasteiger partial charge in [-0.15, -0.1) is 0 Å². The quantitative estimate of drug-likeness (QED) is 0.547. The van der Waals surface area contributed by atoms with Gasteiger partial charge < -0.3 is 15.4 Å². The molecule has 7 nitrogen and oxygen atoms in total. The number of anilines is 1. The van der Waals surface area contributed by atoms with E-state index in [2.05, 4.69) is 10.6 Å². The maximum absolute atomic E-state index is 12.9. The van der Waals surface area contributed by atoms with E-state index in [9.17, 15) is 13.2 Å². The smallest absolute Gasteiger partial charge is 0.251 e. The topological polar surface area (TPSA) is 87.7 Å². The highest BCUT2D eigenvalue weighted by Crippen LogP contribution is 2.27. The first-order valence-electron chi connectivity index (χ1n) is 9.69. The lowest BCUT2D eigenvalue weighted by Crippen LogP contribution is -2.31.